The maximum atomic E-state index is 13.1. The number of amides is 1. The second kappa shape index (κ2) is 6.90. The lowest BCUT2D eigenvalue weighted by molar-refractivity contribution is -0.147. The van der Waals surface area contributed by atoms with Gasteiger partial charge in [-0.25, -0.2) is 0 Å². The predicted octanol–water partition coefficient (Wildman–Crippen LogP) is 1.71. The van der Waals surface area contributed by atoms with E-state index in [2.05, 4.69) is 36.0 Å². The lowest BCUT2D eigenvalue weighted by Crippen LogP contribution is -2.57. The molecule has 1 amide bonds. The third-order valence-electron chi connectivity index (χ3n) is 5.28. The first-order valence-electron chi connectivity index (χ1n) is 8.33. The number of hydrogen-bond acceptors (Lipinski definition) is 3. The van der Waals surface area contributed by atoms with E-state index in [-0.39, 0.29) is 5.41 Å². The van der Waals surface area contributed by atoms with Crippen molar-refractivity contribution in [2.45, 2.75) is 52.0 Å². The highest BCUT2D eigenvalue weighted by atomic mass is 16.2. The molecule has 0 aliphatic carbocycles. The van der Waals surface area contributed by atoms with Gasteiger partial charge in [0.15, 0.2) is 0 Å². The highest BCUT2D eigenvalue weighted by Gasteiger charge is 2.42. The van der Waals surface area contributed by atoms with Gasteiger partial charge in [0, 0.05) is 25.7 Å². The molecule has 0 saturated carbocycles. The third-order valence-corrected chi connectivity index (χ3v) is 5.28. The molecule has 0 spiro atoms. The van der Waals surface area contributed by atoms with Gasteiger partial charge in [0.05, 0.1) is 5.41 Å². The van der Waals surface area contributed by atoms with Gasteiger partial charge in [0.2, 0.25) is 5.91 Å². The third kappa shape index (κ3) is 3.17. The Morgan fingerprint density at radius 3 is 2.55 bits per heavy atom. The summed E-state index contributed by atoms with van der Waals surface area (Å²) < 4.78 is 0. The smallest absolute Gasteiger partial charge is 0.228 e. The summed E-state index contributed by atoms with van der Waals surface area (Å²) >= 11 is 0. The molecule has 1 unspecified atom stereocenters. The number of piperidine rings is 1. The molecule has 4 heteroatoms. The molecule has 2 aliphatic heterocycles. The van der Waals surface area contributed by atoms with Crippen LogP contribution in [0.3, 0.4) is 0 Å². The van der Waals surface area contributed by atoms with Gasteiger partial charge < -0.3 is 10.2 Å². The minimum atomic E-state index is -0.0752. The van der Waals surface area contributed by atoms with Gasteiger partial charge in [0.25, 0.3) is 0 Å². The van der Waals surface area contributed by atoms with Crippen molar-refractivity contribution in [3.63, 3.8) is 0 Å². The highest BCUT2D eigenvalue weighted by Crippen LogP contribution is 2.36. The fourth-order valence-corrected chi connectivity index (χ4v) is 3.86. The van der Waals surface area contributed by atoms with Crippen LogP contribution in [0.2, 0.25) is 0 Å². The largest absolute Gasteiger partial charge is 0.339 e. The van der Waals surface area contributed by atoms with Crippen LogP contribution in [0, 0.1) is 5.41 Å². The lowest BCUT2D eigenvalue weighted by atomic mass is 9.74. The monoisotopic (exact) mass is 281 g/mol. The first kappa shape index (κ1) is 15.8. The van der Waals surface area contributed by atoms with Crippen LogP contribution in [0.5, 0.6) is 0 Å². The summed E-state index contributed by atoms with van der Waals surface area (Å²) in [5.74, 6) is 0.437. The molecule has 2 aliphatic rings. The van der Waals surface area contributed by atoms with Gasteiger partial charge in [-0.1, -0.05) is 20.3 Å². The average Bonchev–Trinajstić information content (AvgIpc) is 2.48. The Kier molecular flexibility index (Phi) is 5.44. The van der Waals surface area contributed by atoms with Gasteiger partial charge in [-0.2, -0.15) is 0 Å². The summed E-state index contributed by atoms with van der Waals surface area (Å²) in [7, 11) is 2.18. The molecule has 0 aromatic rings. The van der Waals surface area contributed by atoms with Crippen LogP contribution in [0.25, 0.3) is 0 Å². The number of likely N-dealkylation sites (N-methyl/N-ethyl adjacent to an activating group) is 1. The van der Waals surface area contributed by atoms with E-state index in [1.54, 1.807) is 0 Å². The lowest BCUT2D eigenvalue weighted by Gasteiger charge is -2.45. The Balaban J connectivity index is 2.07. The van der Waals surface area contributed by atoms with Crippen molar-refractivity contribution in [3.8, 4) is 0 Å². The van der Waals surface area contributed by atoms with Gasteiger partial charge in [-0.15, -0.1) is 0 Å². The van der Waals surface area contributed by atoms with Crippen LogP contribution in [-0.2, 0) is 4.79 Å². The van der Waals surface area contributed by atoms with E-state index in [4.69, 9.17) is 0 Å². The van der Waals surface area contributed by atoms with E-state index in [9.17, 15) is 4.79 Å². The maximum absolute atomic E-state index is 13.1. The molecule has 116 valence electrons. The molecule has 0 aromatic heterocycles. The quantitative estimate of drug-likeness (QED) is 0.852. The van der Waals surface area contributed by atoms with Gasteiger partial charge in [-0.3, -0.25) is 9.69 Å². The van der Waals surface area contributed by atoms with Crippen LogP contribution in [0.1, 0.15) is 46.0 Å². The van der Waals surface area contributed by atoms with Gasteiger partial charge in [-0.05, 0) is 45.8 Å². The fraction of sp³-hybridized carbons (Fsp3) is 0.938. The van der Waals surface area contributed by atoms with E-state index in [0.29, 0.717) is 11.9 Å². The van der Waals surface area contributed by atoms with E-state index in [1.807, 2.05) is 0 Å². The van der Waals surface area contributed by atoms with Crippen molar-refractivity contribution in [2.75, 3.05) is 39.8 Å². The SMILES string of the molecule is CCCC1(C(=O)N2CCN(C)C(CC)C2)CCNCC1. The molecular formula is C16H31N3O. The first-order chi connectivity index (χ1) is 9.63. The average molecular weight is 281 g/mol. The Morgan fingerprint density at radius 1 is 1.25 bits per heavy atom. The Morgan fingerprint density at radius 2 is 1.95 bits per heavy atom. The molecule has 4 nitrogen and oxygen atoms in total. The minimum Gasteiger partial charge on any atom is -0.339 e. The predicted molar refractivity (Wildman–Crippen MR) is 82.7 cm³/mol. The number of carbonyl (C=O) groups is 1. The zero-order valence-electron chi connectivity index (χ0n) is 13.5. The van der Waals surface area contributed by atoms with Crippen molar-refractivity contribution in [2.24, 2.45) is 5.41 Å². The molecule has 0 aromatic carbocycles. The maximum Gasteiger partial charge on any atom is 0.228 e. The van der Waals surface area contributed by atoms with E-state index >= 15 is 0 Å². The Bertz CT molecular complexity index is 320. The summed E-state index contributed by atoms with van der Waals surface area (Å²) in [6.45, 7) is 9.27. The molecule has 1 atom stereocenters. The van der Waals surface area contributed by atoms with Gasteiger partial charge >= 0.3 is 0 Å². The summed E-state index contributed by atoms with van der Waals surface area (Å²) in [4.78, 5) is 17.7. The van der Waals surface area contributed by atoms with Crippen LogP contribution in [0.15, 0.2) is 0 Å². The van der Waals surface area contributed by atoms with Crippen molar-refractivity contribution >= 4 is 5.91 Å². The molecular weight excluding hydrogens is 250 g/mol. The Hall–Kier alpha value is -0.610. The van der Waals surface area contributed by atoms with Crippen LogP contribution in [-0.4, -0.2) is 61.5 Å². The van der Waals surface area contributed by atoms with Crippen molar-refractivity contribution in [1.29, 1.82) is 0 Å². The number of rotatable bonds is 4. The van der Waals surface area contributed by atoms with Crippen LogP contribution < -0.4 is 5.32 Å². The van der Waals surface area contributed by atoms with E-state index in [1.165, 1.54) is 0 Å². The van der Waals surface area contributed by atoms with Crippen molar-refractivity contribution < 1.29 is 4.79 Å². The van der Waals surface area contributed by atoms with Crippen LogP contribution in [0.4, 0.5) is 0 Å². The first-order valence-corrected chi connectivity index (χ1v) is 8.33. The van der Waals surface area contributed by atoms with Gasteiger partial charge in [0.1, 0.15) is 0 Å². The topological polar surface area (TPSA) is 35.6 Å². The second-order valence-corrected chi connectivity index (χ2v) is 6.57. The molecule has 20 heavy (non-hydrogen) atoms. The molecule has 0 bridgehead atoms. The number of hydrogen-bond donors (Lipinski definition) is 1. The zero-order chi connectivity index (χ0) is 14.6. The van der Waals surface area contributed by atoms with E-state index < -0.39 is 0 Å². The standard InChI is InChI=1S/C16H31N3O/c1-4-6-16(7-9-17-10-8-16)15(20)19-12-11-18(3)14(5-2)13-19/h14,17H,4-13H2,1-3H3. The van der Waals surface area contributed by atoms with E-state index in [0.717, 1.165) is 64.8 Å². The summed E-state index contributed by atoms with van der Waals surface area (Å²) in [5.41, 5.74) is -0.0752. The van der Waals surface area contributed by atoms with Crippen molar-refractivity contribution in [1.82, 2.24) is 15.1 Å². The summed E-state index contributed by atoms with van der Waals surface area (Å²) in [5, 5.41) is 3.40. The molecule has 0 radical (unpaired) electrons. The zero-order valence-corrected chi connectivity index (χ0v) is 13.5. The number of nitrogens with one attached hydrogen (secondary N) is 1. The molecule has 2 fully saturated rings. The molecule has 2 saturated heterocycles. The number of piperazine rings is 1. The summed E-state index contributed by atoms with van der Waals surface area (Å²) in [6.07, 6.45) is 5.32. The van der Waals surface area contributed by atoms with Crippen molar-refractivity contribution in [3.05, 3.63) is 0 Å². The summed E-state index contributed by atoms with van der Waals surface area (Å²) in [6, 6.07) is 0.535. The molecule has 1 N–H and O–H groups in total. The van der Waals surface area contributed by atoms with Crippen LogP contribution >= 0.6 is 0 Å². The number of carbonyl (C=O) groups excluding carboxylic acids is 1. The highest BCUT2D eigenvalue weighted by molar-refractivity contribution is 5.83. The second-order valence-electron chi connectivity index (χ2n) is 6.57. The fourth-order valence-electron chi connectivity index (χ4n) is 3.86. The Labute approximate surface area is 123 Å². The minimum absolute atomic E-state index is 0.0752. The molecule has 2 heterocycles. The normalized spacial score (nSPS) is 27.6. The molecule has 2 rings (SSSR count). The number of nitrogens with zero attached hydrogens (tertiary/aromatic N) is 2.